The number of amides is 1. The van der Waals surface area contributed by atoms with Crippen molar-refractivity contribution < 1.29 is 4.79 Å². The van der Waals surface area contributed by atoms with E-state index in [1.54, 1.807) is 0 Å². The van der Waals surface area contributed by atoms with E-state index in [1.807, 2.05) is 6.92 Å². The highest BCUT2D eigenvalue weighted by Crippen LogP contribution is 2.31. The van der Waals surface area contributed by atoms with Gasteiger partial charge in [0.05, 0.1) is 0 Å². The molecular weight excluding hydrogens is 156 g/mol. The Kier molecular flexibility index (Phi) is 2.75. The third-order valence-corrected chi connectivity index (χ3v) is 1.73. The van der Waals surface area contributed by atoms with Crippen molar-refractivity contribution in [2.24, 2.45) is 16.0 Å². The summed E-state index contributed by atoms with van der Waals surface area (Å²) in [5.41, 5.74) is 4.96. The van der Waals surface area contributed by atoms with Crippen molar-refractivity contribution in [2.45, 2.75) is 25.4 Å². The summed E-state index contributed by atoms with van der Waals surface area (Å²) in [5, 5.41) is 10.3. The van der Waals surface area contributed by atoms with Crippen LogP contribution < -0.4 is 11.1 Å². The zero-order valence-corrected chi connectivity index (χ0v) is 7.21. The number of carbonyl (C=O) groups is 1. The first kappa shape index (κ1) is 9.12. The van der Waals surface area contributed by atoms with E-state index in [4.69, 9.17) is 5.73 Å². The molecular formula is C7H14N4O. The van der Waals surface area contributed by atoms with Crippen LogP contribution in [0.25, 0.3) is 0 Å². The second kappa shape index (κ2) is 3.62. The van der Waals surface area contributed by atoms with Crippen molar-refractivity contribution in [1.82, 2.24) is 5.32 Å². The minimum atomic E-state index is -0.264. The Morgan fingerprint density at radius 3 is 2.75 bits per heavy atom. The summed E-state index contributed by atoms with van der Waals surface area (Å²) < 4.78 is 0. The third-order valence-electron chi connectivity index (χ3n) is 1.73. The van der Waals surface area contributed by atoms with Gasteiger partial charge in [0.2, 0.25) is 5.91 Å². The summed E-state index contributed by atoms with van der Waals surface area (Å²) in [6, 6.07) is 0. The normalized spacial score (nSPS) is 17.5. The fourth-order valence-electron chi connectivity index (χ4n) is 0.836. The molecule has 1 amide bonds. The Morgan fingerprint density at radius 2 is 2.25 bits per heavy atom. The van der Waals surface area contributed by atoms with Crippen LogP contribution in [0.15, 0.2) is 10.2 Å². The van der Waals surface area contributed by atoms with Gasteiger partial charge in [-0.1, -0.05) is 0 Å². The summed E-state index contributed by atoms with van der Waals surface area (Å²) in [4.78, 5) is 11.0. The highest BCUT2D eigenvalue weighted by molar-refractivity contribution is 5.75. The Morgan fingerprint density at radius 1 is 1.58 bits per heavy atom. The van der Waals surface area contributed by atoms with Gasteiger partial charge in [-0.25, -0.2) is 0 Å². The van der Waals surface area contributed by atoms with Crippen LogP contribution in [0.3, 0.4) is 0 Å². The molecule has 0 aliphatic carbocycles. The number of carbonyl (C=O) groups excluding carboxylic acids is 1. The molecule has 0 unspecified atom stereocenters. The van der Waals surface area contributed by atoms with Crippen LogP contribution in [0, 0.1) is 0 Å². The van der Waals surface area contributed by atoms with Crippen LogP contribution in [-0.2, 0) is 4.79 Å². The lowest BCUT2D eigenvalue weighted by molar-refractivity contribution is -0.121. The van der Waals surface area contributed by atoms with Crippen LogP contribution in [0.4, 0.5) is 0 Å². The maximum Gasteiger partial charge on any atom is 0.220 e. The zero-order valence-electron chi connectivity index (χ0n) is 7.21. The average molecular weight is 170 g/mol. The Balaban J connectivity index is 2.02. The van der Waals surface area contributed by atoms with E-state index in [-0.39, 0.29) is 11.6 Å². The Labute approximate surface area is 71.4 Å². The summed E-state index contributed by atoms with van der Waals surface area (Å²) >= 11 is 0. The van der Waals surface area contributed by atoms with E-state index in [0.29, 0.717) is 25.9 Å². The SMILES string of the molecule is CC1(CCC(=O)NCCN)N=N1. The molecule has 0 aromatic heterocycles. The van der Waals surface area contributed by atoms with Crippen LogP contribution >= 0.6 is 0 Å². The average Bonchev–Trinajstić information content (AvgIpc) is 2.77. The summed E-state index contributed by atoms with van der Waals surface area (Å²) in [5.74, 6) is 0.0268. The summed E-state index contributed by atoms with van der Waals surface area (Å²) in [7, 11) is 0. The molecule has 3 N–H and O–H groups in total. The van der Waals surface area contributed by atoms with Gasteiger partial charge in [-0.3, -0.25) is 4.79 Å². The standard InChI is InChI=1S/C7H14N4O/c1-7(10-11-7)3-2-6(12)9-5-4-8/h2-5,8H2,1H3,(H,9,12). The van der Waals surface area contributed by atoms with Crippen molar-refractivity contribution in [3.8, 4) is 0 Å². The van der Waals surface area contributed by atoms with E-state index in [9.17, 15) is 4.79 Å². The zero-order chi connectivity index (χ0) is 9.03. The fourth-order valence-corrected chi connectivity index (χ4v) is 0.836. The van der Waals surface area contributed by atoms with Crippen LogP contribution in [-0.4, -0.2) is 24.7 Å². The molecule has 0 radical (unpaired) electrons. The summed E-state index contributed by atoms with van der Waals surface area (Å²) in [6.45, 7) is 2.94. The van der Waals surface area contributed by atoms with Crippen molar-refractivity contribution in [2.75, 3.05) is 13.1 Å². The lowest BCUT2D eigenvalue weighted by Crippen LogP contribution is -2.29. The lowest BCUT2D eigenvalue weighted by atomic mass is 10.1. The number of hydrogen-bond donors (Lipinski definition) is 2. The molecule has 0 aromatic carbocycles. The molecule has 0 fully saturated rings. The van der Waals surface area contributed by atoms with Gasteiger partial charge in [0, 0.05) is 25.9 Å². The predicted molar refractivity (Wildman–Crippen MR) is 44.6 cm³/mol. The Bertz CT molecular complexity index is 196. The number of nitrogens with one attached hydrogen (secondary N) is 1. The van der Waals surface area contributed by atoms with Crippen molar-refractivity contribution >= 4 is 5.91 Å². The van der Waals surface area contributed by atoms with Gasteiger partial charge < -0.3 is 11.1 Å². The fraction of sp³-hybridized carbons (Fsp3) is 0.857. The van der Waals surface area contributed by atoms with E-state index in [2.05, 4.69) is 15.5 Å². The minimum absolute atomic E-state index is 0.0268. The van der Waals surface area contributed by atoms with Crippen molar-refractivity contribution in [1.29, 1.82) is 0 Å². The van der Waals surface area contributed by atoms with Gasteiger partial charge in [0.15, 0.2) is 5.66 Å². The van der Waals surface area contributed by atoms with Gasteiger partial charge in [0.25, 0.3) is 0 Å². The summed E-state index contributed by atoms with van der Waals surface area (Å²) in [6.07, 6.45) is 1.17. The molecule has 68 valence electrons. The van der Waals surface area contributed by atoms with E-state index in [0.717, 1.165) is 0 Å². The molecule has 1 heterocycles. The first-order valence-electron chi connectivity index (χ1n) is 4.07. The maximum absolute atomic E-state index is 11.0. The van der Waals surface area contributed by atoms with Gasteiger partial charge in [-0.2, -0.15) is 10.2 Å². The van der Waals surface area contributed by atoms with E-state index < -0.39 is 0 Å². The van der Waals surface area contributed by atoms with Crippen molar-refractivity contribution in [3.05, 3.63) is 0 Å². The van der Waals surface area contributed by atoms with Gasteiger partial charge in [-0.05, 0) is 6.92 Å². The molecule has 0 aromatic rings. The molecule has 1 rings (SSSR count). The highest BCUT2D eigenvalue weighted by atomic mass is 16.1. The van der Waals surface area contributed by atoms with Gasteiger partial charge in [0.1, 0.15) is 0 Å². The quantitative estimate of drug-likeness (QED) is 0.610. The predicted octanol–water partition coefficient (Wildman–Crippen LogP) is 0.0235. The number of nitrogens with zero attached hydrogens (tertiary/aromatic N) is 2. The van der Waals surface area contributed by atoms with Gasteiger partial charge in [-0.15, -0.1) is 0 Å². The largest absolute Gasteiger partial charge is 0.355 e. The van der Waals surface area contributed by atoms with Gasteiger partial charge >= 0.3 is 0 Å². The third kappa shape index (κ3) is 2.96. The van der Waals surface area contributed by atoms with E-state index >= 15 is 0 Å². The first-order valence-corrected chi connectivity index (χ1v) is 4.07. The highest BCUT2D eigenvalue weighted by Gasteiger charge is 2.33. The van der Waals surface area contributed by atoms with Crippen LogP contribution in [0.1, 0.15) is 19.8 Å². The molecule has 12 heavy (non-hydrogen) atoms. The molecule has 0 atom stereocenters. The first-order chi connectivity index (χ1) is 5.66. The molecule has 5 nitrogen and oxygen atoms in total. The smallest absolute Gasteiger partial charge is 0.220 e. The minimum Gasteiger partial charge on any atom is -0.355 e. The lowest BCUT2D eigenvalue weighted by Gasteiger charge is -2.04. The topological polar surface area (TPSA) is 79.8 Å². The van der Waals surface area contributed by atoms with E-state index in [1.165, 1.54) is 0 Å². The molecule has 0 spiro atoms. The molecule has 1 aliphatic rings. The second-order valence-corrected chi connectivity index (χ2v) is 3.06. The molecule has 0 saturated carbocycles. The molecule has 0 bridgehead atoms. The Hall–Kier alpha value is -0.970. The van der Waals surface area contributed by atoms with Crippen LogP contribution in [0.5, 0.6) is 0 Å². The molecule has 5 heteroatoms. The van der Waals surface area contributed by atoms with Crippen molar-refractivity contribution in [3.63, 3.8) is 0 Å². The number of nitrogens with two attached hydrogens (primary N) is 1. The number of rotatable bonds is 5. The second-order valence-electron chi connectivity index (χ2n) is 3.06. The molecule has 0 saturated heterocycles. The number of hydrogen-bond acceptors (Lipinski definition) is 4. The molecule has 1 aliphatic heterocycles. The monoisotopic (exact) mass is 170 g/mol. The van der Waals surface area contributed by atoms with Crippen LogP contribution in [0.2, 0.25) is 0 Å². The maximum atomic E-state index is 11.0.